The standard InChI is InChI=1S/C20H39NO.C2H6/c1-15(2)19-9-8-16(3)11-20(19)22-14-18(5)13-21-10-6-7-17(4)12-21;1-2/h15-20H,6-14H2,1-5H3;1-2H3. The van der Waals surface area contributed by atoms with E-state index >= 15 is 0 Å². The average Bonchev–Trinajstić information content (AvgIpc) is 2.54. The van der Waals surface area contributed by atoms with Gasteiger partial charge in [0.2, 0.25) is 0 Å². The summed E-state index contributed by atoms with van der Waals surface area (Å²) in [4.78, 5) is 2.66. The van der Waals surface area contributed by atoms with Crippen LogP contribution in [0.4, 0.5) is 0 Å². The summed E-state index contributed by atoms with van der Waals surface area (Å²) in [6.45, 7) is 20.7. The third-order valence-corrected chi connectivity index (χ3v) is 5.87. The van der Waals surface area contributed by atoms with Crippen LogP contribution in [0.5, 0.6) is 0 Å². The number of piperidine rings is 1. The number of ether oxygens (including phenoxy) is 1. The van der Waals surface area contributed by atoms with Crippen LogP contribution in [0.2, 0.25) is 0 Å². The van der Waals surface area contributed by atoms with Crippen molar-refractivity contribution in [3.05, 3.63) is 0 Å². The Balaban J connectivity index is 0.00000139. The molecule has 0 N–H and O–H groups in total. The zero-order chi connectivity index (χ0) is 18.1. The third kappa shape index (κ3) is 7.44. The lowest BCUT2D eigenvalue weighted by Gasteiger charge is -2.38. The van der Waals surface area contributed by atoms with Crippen molar-refractivity contribution in [2.24, 2.45) is 29.6 Å². The Morgan fingerprint density at radius 1 is 1.00 bits per heavy atom. The van der Waals surface area contributed by atoms with Crippen LogP contribution in [0.15, 0.2) is 0 Å². The molecule has 0 spiro atoms. The number of likely N-dealkylation sites (tertiary alicyclic amines) is 1. The predicted octanol–water partition coefficient (Wildman–Crippen LogP) is 5.86. The molecule has 0 bridgehead atoms. The van der Waals surface area contributed by atoms with Gasteiger partial charge in [0.05, 0.1) is 12.7 Å². The molecule has 2 fully saturated rings. The van der Waals surface area contributed by atoms with E-state index in [1.807, 2.05) is 13.8 Å². The molecule has 24 heavy (non-hydrogen) atoms. The molecule has 0 aromatic carbocycles. The quantitative estimate of drug-likeness (QED) is 0.601. The number of nitrogens with zero attached hydrogens (tertiary/aromatic N) is 1. The van der Waals surface area contributed by atoms with Gasteiger partial charge < -0.3 is 9.64 Å². The van der Waals surface area contributed by atoms with Gasteiger partial charge in [0.1, 0.15) is 0 Å². The minimum Gasteiger partial charge on any atom is -0.378 e. The number of hydrogen-bond donors (Lipinski definition) is 0. The smallest absolute Gasteiger partial charge is 0.0608 e. The van der Waals surface area contributed by atoms with E-state index in [9.17, 15) is 0 Å². The highest BCUT2D eigenvalue weighted by Crippen LogP contribution is 2.35. The molecule has 144 valence electrons. The van der Waals surface area contributed by atoms with E-state index in [0.717, 1.165) is 30.3 Å². The van der Waals surface area contributed by atoms with Gasteiger partial charge in [-0.3, -0.25) is 0 Å². The van der Waals surface area contributed by atoms with E-state index in [2.05, 4.69) is 39.5 Å². The predicted molar refractivity (Wildman–Crippen MR) is 106 cm³/mol. The highest BCUT2D eigenvalue weighted by atomic mass is 16.5. The van der Waals surface area contributed by atoms with Gasteiger partial charge >= 0.3 is 0 Å². The fourth-order valence-electron chi connectivity index (χ4n) is 4.54. The van der Waals surface area contributed by atoms with Crippen LogP contribution in [0.1, 0.15) is 80.6 Å². The summed E-state index contributed by atoms with van der Waals surface area (Å²) in [6, 6.07) is 0. The van der Waals surface area contributed by atoms with Crippen molar-refractivity contribution in [3.63, 3.8) is 0 Å². The molecule has 1 aliphatic heterocycles. The van der Waals surface area contributed by atoms with Crippen molar-refractivity contribution >= 4 is 0 Å². The summed E-state index contributed by atoms with van der Waals surface area (Å²) in [5.41, 5.74) is 0. The first-order chi connectivity index (χ1) is 11.5. The van der Waals surface area contributed by atoms with Gasteiger partial charge in [-0.05, 0) is 61.8 Å². The minimum atomic E-state index is 0.506. The molecular weight excluding hydrogens is 294 g/mol. The lowest BCUT2D eigenvalue weighted by atomic mass is 9.75. The first kappa shape index (κ1) is 22.0. The molecule has 1 aliphatic carbocycles. The summed E-state index contributed by atoms with van der Waals surface area (Å²) >= 11 is 0. The van der Waals surface area contributed by atoms with Gasteiger partial charge in [0.25, 0.3) is 0 Å². The van der Waals surface area contributed by atoms with Gasteiger partial charge in [-0.1, -0.05) is 54.9 Å². The molecule has 1 heterocycles. The number of hydrogen-bond acceptors (Lipinski definition) is 2. The second kappa shape index (κ2) is 11.5. The van der Waals surface area contributed by atoms with Crippen LogP contribution in [0.3, 0.4) is 0 Å². The third-order valence-electron chi connectivity index (χ3n) is 5.87. The Morgan fingerprint density at radius 3 is 2.33 bits per heavy atom. The van der Waals surface area contributed by atoms with Crippen LogP contribution in [0.25, 0.3) is 0 Å². The van der Waals surface area contributed by atoms with Crippen molar-refractivity contribution in [2.45, 2.75) is 86.7 Å². The van der Waals surface area contributed by atoms with E-state index in [0.29, 0.717) is 12.0 Å². The Bertz CT molecular complexity index is 317. The second-order valence-corrected chi connectivity index (χ2v) is 8.81. The highest BCUT2D eigenvalue weighted by molar-refractivity contribution is 4.81. The van der Waals surface area contributed by atoms with Gasteiger partial charge in [0, 0.05) is 13.1 Å². The summed E-state index contributed by atoms with van der Waals surface area (Å²) in [6.07, 6.45) is 7.33. The van der Waals surface area contributed by atoms with Crippen molar-refractivity contribution in [3.8, 4) is 0 Å². The van der Waals surface area contributed by atoms with E-state index in [4.69, 9.17) is 4.74 Å². The molecule has 5 atom stereocenters. The minimum absolute atomic E-state index is 0.506. The van der Waals surface area contributed by atoms with Crippen molar-refractivity contribution in [1.82, 2.24) is 4.90 Å². The Kier molecular flexibility index (Phi) is 10.5. The van der Waals surface area contributed by atoms with E-state index in [1.54, 1.807) is 0 Å². The maximum Gasteiger partial charge on any atom is 0.0608 e. The Morgan fingerprint density at radius 2 is 1.71 bits per heavy atom. The van der Waals surface area contributed by atoms with Crippen molar-refractivity contribution in [1.29, 1.82) is 0 Å². The molecule has 2 aliphatic rings. The molecule has 0 aromatic rings. The summed E-state index contributed by atoms with van der Waals surface area (Å²) in [5.74, 6) is 3.93. The van der Waals surface area contributed by atoms with Crippen LogP contribution < -0.4 is 0 Å². The van der Waals surface area contributed by atoms with Crippen LogP contribution in [-0.2, 0) is 4.74 Å². The second-order valence-electron chi connectivity index (χ2n) is 8.81. The lowest BCUT2D eigenvalue weighted by Crippen LogP contribution is -2.39. The monoisotopic (exact) mass is 339 g/mol. The average molecular weight is 340 g/mol. The van der Waals surface area contributed by atoms with Crippen LogP contribution >= 0.6 is 0 Å². The first-order valence-electron chi connectivity index (χ1n) is 10.8. The highest BCUT2D eigenvalue weighted by Gasteiger charge is 2.31. The topological polar surface area (TPSA) is 12.5 Å². The van der Waals surface area contributed by atoms with Crippen molar-refractivity contribution in [2.75, 3.05) is 26.2 Å². The summed E-state index contributed by atoms with van der Waals surface area (Å²) in [7, 11) is 0. The van der Waals surface area contributed by atoms with Crippen LogP contribution in [0, 0.1) is 29.6 Å². The van der Waals surface area contributed by atoms with Crippen molar-refractivity contribution < 1.29 is 4.74 Å². The molecule has 0 aromatic heterocycles. The molecular formula is C22H45NO. The van der Waals surface area contributed by atoms with Gasteiger partial charge in [-0.2, -0.15) is 0 Å². The first-order valence-corrected chi connectivity index (χ1v) is 10.8. The van der Waals surface area contributed by atoms with Gasteiger partial charge in [-0.15, -0.1) is 0 Å². The maximum atomic E-state index is 6.43. The largest absolute Gasteiger partial charge is 0.378 e. The maximum absolute atomic E-state index is 6.43. The van der Waals surface area contributed by atoms with E-state index in [1.165, 1.54) is 51.7 Å². The zero-order valence-corrected chi connectivity index (χ0v) is 17.7. The molecule has 5 unspecified atom stereocenters. The zero-order valence-electron chi connectivity index (χ0n) is 17.7. The number of rotatable bonds is 6. The summed E-state index contributed by atoms with van der Waals surface area (Å²) in [5, 5.41) is 0. The molecule has 2 nitrogen and oxygen atoms in total. The SMILES string of the molecule is CC.CC1CCC(C(C)C)C(OCC(C)CN2CCCC(C)C2)C1. The molecule has 2 heteroatoms. The van der Waals surface area contributed by atoms with Gasteiger partial charge in [-0.25, -0.2) is 0 Å². The van der Waals surface area contributed by atoms with E-state index in [-0.39, 0.29) is 0 Å². The van der Waals surface area contributed by atoms with Gasteiger partial charge in [0.15, 0.2) is 0 Å². The van der Waals surface area contributed by atoms with Crippen LogP contribution in [-0.4, -0.2) is 37.2 Å². The Labute approximate surface area is 152 Å². The fourth-order valence-corrected chi connectivity index (χ4v) is 4.54. The molecule has 0 amide bonds. The molecule has 1 saturated carbocycles. The lowest BCUT2D eigenvalue weighted by molar-refractivity contribution is -0.0532. The fraction of sp³-hybridized carbons (Fsp3) is 1.00. The molecule has 0 radical (unpaired) electrons. The molecule has 2 rings (SSSR count). The van der Waals surface area contributed by atoms with E-state index < -0.39 is 0 Å². The summed E-state index contributed by atoms with van der Waals surface area (Å²) < 4.78 is 6.43. The normalized spacial score (nSPS) is 33.0. The Hall–Kier alpha value is -0.0800. The molecule has 1 saturated heterocycles.